The first kappa shape index (κ1) is 9.88. The Morgan fingerprint density at radius 2 is 2.12 bits per heavy atom. The van der Waals surface area contributed by atoms with Crippen molar-refractivity contribution in [1.82, 2.24) is 9.38 Å². The summed E-state index contributed by atoms with van der Waals surface area (Å²) in [4.78, 5) is 4.79. The molecule has 0 saturated carbocycles. The van der Waals surface area contributed by atoms with E-state index in [1.807, 2.05) is 0 Å². The van der Waals surface area contributed by atoms with E-state index in [2.05, 4.69) is 43.4 Å². The number of hydrogen-bond acceptors (Lipinski definition) is 1. The Bertz CT molecular complexity index is 539. The average Bonchev–Trinajstić information content (AvgIpc) is 2.58. The highest BCUT2D eigenvalue weighted by Crippen LogP contribution is 2.34. The van der Waals surface area contributed by atoms with Gasteiger partial charge in [0.15, 0.2) is 0 Å². The van der Waals surface area contributed by atoms with Crippen molar-refractivity contribution in [2.45, 2.75) is 39.5 Å². The second-order valence-corrected chi connectivity index (χ2v) is 5.25. The van der Waals surface area contributed by atoms with E-state index in [0.717, 1.165) is 11.6 Å². The maximum absolute atomic E-state index is 4.79. The Morgan fingerprint density at radius 3 is 2.94 bits per heavy atom. The van der Waals surface area contributed by atoms with Gasteiger partial charge in [-0.05, 0) is 37.8 Å². The zero-order chi connectivity index (χ0) is 11.3. The molecule has 0 fully saturated rings. The van der Waals surface area contributed by atoms with E-state index < -0.39 is 0 Å². The fourth-order valence-electron chi connectivity index (χ4n) is 3.06. The van der Waals surface area contributed by atoms with Crippen molar-refractivity contribution in [2.75, 3.05) is 0 Å². The maximum Gasteiger partial charge on any atom is 0.137 e. The zero-order valence-electron chi connectivity index (χ0n) is 10.2. The molecule has 1 aliphatic carbocycles. The van der Waals surface area contributed by atoms with Crippen molar-refractivity contribution in [2.24, 2.45) is 5.92 Å². The van der Waals surface area contributed by atoms with Crippen LogP contribution in [0, 0.1) is 12.8 Å². The molecular formula is C14H18N2. The molecule has 1 aliphatic rings. The van der Waals surface area contributed by atoms with Crippen LogP contribution < -0.4 is 0 Å². The van der Waals surface area contributed by atoms with Gasteiger partial charge in [0, 0.05) is 17.3 Å². The van der Waals surface area contributed by atoms with Crippen molar-refractivity contribution in [3.63, 3.8) is 0 Å². The molecule has 0 aliphatic heterocycles. The van der Waals surface area contributed by atoms with Crippen molar-refractivity contribution >= 4 is 5.65 Å². The van der Waals surface area contributed by atoms with Gasteiger partial charge in [0.1, 0.15) is 5.65 Å². The Balaban J connectivity index is 2.32. The predicted octanol–water partition coefficient (Wildman–Crippen LogP) is 3.33. The average molecular weight is 214 g/mol. The molecule has 2 heteroatoms. The van der Waals surface area contributed by atoms with Gasteiger partial charge in [0.2, 0.25) is 0 Å². The van der Waals surface area contributed by atoms with Crippen molar-refractivity contribution in [3.8, 4) is 0 Å². The second kappa shape index (κ2) is 3.34. The summed E-state index contributed by atoms with van der Waals surface area (Å²) in [6.07, 6.45) is 2.45. The van der Waals surface area contributed by atoms with Crippen LogP contribution in [0.1, 0.15) is 43.3 Å². The molecule has 2 aromatic rings. The molecule has 2 heterocycles. The molecule has 84 valence electrons. The normalized spacial score (nSPS) is 24.7. The van der Waals surface area contributed by atoms with E-state index in [9.17, 15) is 0 Å². The third-order valence-electron chi connectivity index (χ3n) is 3.73. The van der Waals surface area contributed by atoms with E-state index in [0.29, 0.717) is 5.92 Å². The third-order valence-corrected chi connectivity index (χ3v) is 3.73. The highest BCUT2D eigenvalue weighted by Gasteiger charge is 2.26. The standard InChI is InChI=1S/C14H18N2/c1-9-7-10(2)14-12(8-9)16-11(3)5-4-6-13(16)15-14/h4-6,9-10H,7-8H2,1-3H3. The zero-order valence-corrected chi connectivity index (χ0v) is 10.2. The van der Waals surface area contributed by atoms with E-state index in [1.54, 1.807) is 0 Å². The van der Waals surface area contributed by atoms with Gasteiger partial charge in [-0.3, -0.25) is 0 Å². The molecule has 0 saturated heterocycles. The summed E-state index contributed by atoms with van der Waals surface area (Å²) in [6, 6.07) is 6.37. The topological polar surface area (TPSA) is 17.3 Å². The Morgan fingerprint density at radius 1 is 1.31 bits per heavy atom. The van der Waals surface area contributed by atoms with Crippen molar-refractivity contribution in [3.05, 3.63) is 35.3 Å². The van der Waals surface area contributed by atoms with Gasteiger partial charge in [-0.2, -0.15) is 0 Å². The highest BCUT2D eigenvalue weighted by molar-refractivity contribution is 5.46. The van der Waals surface area contributed by atoms with Gasteiger partial charge in [0.05, 0.1) is 5.69 Å². The van der Waals surface area contributed by atoms with Gasteiger partial charge in [-0.1, -0.05) is 19.9 Å². The minimum Gasteiger partial charge on any atom is -0.301 e. The lowest BCUT2D eigenvalue weighted by Gasteiger charge is -2.23. The third kappa shape index (κ3) is 1.29. The van der Waals surface area contributed by atoms with Gasteiger partial charge >= 0.3 is 0 Å². The first-order valence-corrected chi connectivity index (χ1v) is 6.13. The fourth-order valence-corrected chi connectivity index (χ4v) is 3.06. The summed E-state index contributed by atoms with van der Waals surface area (Å²) in [6.45, 7) is 6.81. The lowest BCUT2D eigenvalue weighted by atomic mass is 9.84. The summed E-state index contributed by atoms with van der Waals surface area (Å²) in [7, 11) is 0. The molecule has 3 rings (SSSR count). The maximum atomic E-state index is 4.79. The van der Waals surface area contributed by atoms with Crippen molar-refractivity contribution < 1.29 is 0 Å². The van der Waals surface area contributed by atoms with Gasteiger partial charge in [-0.15, -0.1) is 0 Å². The summed E-state index contributed by atoms with van der Waals surface area (Å²) < 4.78 is 2.33. The fraction of sp³-hybridized carbons (Fsp3) is 0.500. The SMILES string of the molecule is Cc1cccc2nc3c(n12)CC(C)CC3C. The van der Waals surface area contributed by atoms with Gasteiger partial charge in [0.25, 0.3) is 0 Å². The first-order chi connectivity index (χ1) is 7.66. The number of nitrogens with zero attached hydrogens (tertiary/aromatic N) is 2. The van der Waals surface area contributed by atoms with E-state index in [-0.39, 0.29) is 0 Å². The Labute approximate surface area is 96.3 Å². The molecule has 0 N–H and O–H groups in total. The molecule has 16 heavy (non-hydrogen) atoms. The van der Waals surface area contributed by atoms with Crippen LogP contribution >= 0.6 is 0 Å². The minimum atomic E-state index is 0.609. The van der Waals surface area contributed by atoms with Crippen LogP contribution in [-0.4, -0.2) is 9.38 Å². The molecule has 0 spiro atoms. The monoisotopic (exact) mass is 214 g/mol. The number of fused-ring (bicyclic) bond motifs is 3. The van der Waals surface area contributed by atoms with E-state index in [4.69, 9.17) is 4.98 Å². The summed E-state index contributed by atoms with van der Waals surface area (Å²) in [5.74, 6) is 1.39. The smallest absolute Gasteiger partial charge is 0.137 e. The minimum absolute atomic E-state index is 0.609. The van der Waals surface area contributed by atoms with Crippen molar-refractivity contribution in [1.29, 1.82) is 0 Å². The van der Waals surface area contributed by atoms with Crippen LogP contribution in [0.2, 0.25) is 0 Å². The van der Waals surface area contributed by atoms with Crippen LogP contribution in [0.25, 0.3) is 5.65 Å². The highest BCUT2D eigenvalue weighted by atomic mass is 15.0. The predicted molar refractivity (Wildman–Crippen MR) is 65.8 cm³/mol. The molecule has 0 radical (unpaired) electrons. The molecule has 2 unspecified atom stereocenters. The van der Waals surface area contributed by atoms with Crippen LogP contribution in [0.5, 0.6) is 0 Å². The number of imidazole rings is 1. The lowest BCUT2D eigenvalue weighted by molar-refractivity contribution is 0.437. The summed E-state index contributed by atoms with van der Waals surface area (Å²) in [5, 5.41) is 0. The molecule has 0 bridgehead atoms. The van der Waals surface area contributed by atoms with Crippen LogP contribution in [-0.2, 0) is 6.42 Å². The molecular weight excluding hydrogens is 196 g/mol. The summed E-state index contributed by atoms with van der Waals surface area (Å²) >= 11 is 0. The number of pyridine rings is 1. The van der Waals surface area contributed by atoms with Crippen LogP contribution in [0.15, 0.2) is 18.2 Å². The molecule has 0 aromatic carbocycles. The number of aromatic nitrogens is 2. The second-order valence-electron chi connectivity index (χ2n) is 5.25. The molecule has 2 aromatic heterocycles. The van der Waals surface area contributed by atoms with E-state index >= 15 is 0 Å². The first-order valence-electron chi connectivity index (χ1n) is 6.13. The quantitative estimate of drug-likeness (QED) is 0.657. The van der Waals surface area contributed by atoms with Gasteiger partial charge < -0.3 is 4.40 Å². The number of aryl methyl sites for hydroxylation is 1. The largest absolute Gasteiger partial charge is 0.301 e. The lowest BCUT2D eigenvalue weighted by Crippen LogP contribution is -2.16. The Kier molecular flexibility index (Phi) is 2.06. The summed E-state index contributed by atoms with van der Waals surface area (Å²) in [5.41, 5.74) is 5.19. The van der Waals surface area contributed by atoms with Crippen LogP contribution in [0.4, 0.5) is 0 Å². The molecule has 2 atom stereocenters. The van der Waals surface area contributed by atoms with Crippen LogP contribution in [0.3, 0.4) is 0 Å². The number of hydrogen-bond donors (Lipinski definition) is 0. The van der Waals surface area contributed by atoms with E-state index in [1.165, 1.54) is 29.9 Å². The molecule has 2 nitrogen and oxygen atoms in total. The molecule has 0 amide bonds. The van der Waals surface area contributed by atoms with Gasteiger partial charge in [-0.25, -0.2) is 4.98 Å². The number of rotatable bonds is 0. The Hall–Kier alpha value is -1.31.